The Bertz CT molecular complexity index is 580. The Morgan fingerprint density at radius 2 is 2.00 bits per heavy atom. The molecule has 2 aromatic heterocycles. The molecule has 7 heteroatoms. The van der Waals surface area contributed by atoms with Gasteiger partial charge in [0.2, 0.25) is 5.13 Å². The van der Waals surface area contributed by atoms with Gasteiger partial charge in [-0.15, -0.1) is 0 Å². The van der Waals surface area contributed by atoms with Crippen molar-refractivity contribution in [3.05, 3.63) is 29.2 Å². The molecule has 0 N–H and O–H groups in total. The summed E-state index contributed by atoms with van der Waals surface area (Å²) in [6.45, 7) is 5.80. The molecule has 20 heavy (non-hydrogen) atoms. The molecule has 5 nitrogen and oxygen atoms in total. The van der Waals surface area contributed by atoms with Gasteiger partial charge in [-0.1, -0.05) is 18.5 Å². The Hall–Kier alpha value is -1.40. The van der Waals surface area contributed by atoms with Gasteiger partial charge in [-0.3, -0.25) is 0 Å². The van der Waals surface area contributed by atoms with Gasteiger partial charge in [-0.05, 0) is 12.1 Å². The van der Waals surface area contributed by atoms with Crippen molar-refractivity contribution in [1.29, 1.82) is 0 Å². The summed E-state index contributed by atoms with van der Waals surface area (Å²) in [4.78, 5) is 13.5. The molecule has 0 radical (unpaired) electrons. The number of piperazine rings is 1. The first-order valence-corrected chi connectivity index (χ1v) is 7.85. The predicted molar refractivity (Wildman–Crippen MR) is 83.0 cm³/mol. The van der Waals surface area contributed by atoms with E-state index in [0.29, 0.717) is 0 Å². The minimum Gasteiger partial charge on any atom is -0.353 e. The highest BCUT2D eigenvalue weighted by Crippen LogP contribution is 2.22. The van der Waals surface area contributed by atoms with Crippen molar-refractivity contribution in [3.63, 3.8) is 0 Å². The quantitative estimate of drug-likeness (QED) is 0.871. The molecule has 3 rings (SSSR count). The van der Waals surface area contributed by atoms with Gasteiger partial charge in [0.05, 0.1) is 0 Å². The summed E-state index contributed by atoms with van der Waals surface area (Å²) < 4.78 is 4.34. The van der Waals surface area contributed by atoms with Gasteiger partial charge >= 0.3 is 0 Å². The second kappa shape index (κ2) is 5.93. The Labute approximate surface area is 127 Å². The van der Waals surface area contributed by atoms with E-state index in [1.54, 1.807) is 12.3 Å². The zero-order chi connectivity index (χ0) is 13.9. The van der Waals surface area contributed by atoms with Crippen LogP contribution in [-0.2, 0) is 6.42 Å². The van der Waals surface area contributed by atoms with Crippen LogP contribution in [0.2, 0.25) is 5.02 Å². The van der Waals surface area contributed by atoms with Gasteiger partial charge in [-0.25, -0.2) is 9.97 Å². The van der Waals surface area contributed by atoms with E-state index in [4.69, 9.17) is 11.6 Å². The molecule has 0 saturated carbocycles. The second-order valence-corrected chi connectivity index (χ2v) is 5.82. The number of halogens is 1. The molecule has 0 amide bonds. The van der Waals surface area contributed by atoms with E-state index in [0.717, 1.165) is 54.4 Å². The molecular weight excluding hydrogens is 294 g/mol. The topological polar surface area (TPSA) is 45.2 Å². The Morgan fingerprint density at radius 3 is 2.65 bits per heavy atom. The average molecular weight is 310 g/mol. The third kappa shape index (κ3) is 2.86. The van der Waals surface area contributed by atoms with Crippen LogP contribution in [0.5, 0.6) is 0 Å². The lowest BCUT2D eigenvalue weighted by atomic mass is 10.3. The van der Waals surface area contributed by atoms with Gasteiger partial charge < -0.3 is 9.80 Å². The highest BCUT2D eigenvalue weighted by molar-refractivity contribution is 7.09. The molecule has 3 heterocycles. The van der Waals surface area contributed by atoms with Crippen molar-refractivity contribution >= 4 is 34.1 Å². The Morgan fingerprint density at radius 1 is 1.25 bits per heavy atom. The average Bonchev–Trinajstić information content (AvgIpc) is 2.96. The molecule has 1 aliphatic rings. The molecule has 1 saturated heterocycles. The van der Waals surface area contributed by atoms with Gasteiger partial charge in [0, 0.05) is 55.4 Å². The first-order chi connectivity index (χ1) is 9.76. The van der Waals surface area contributed by atoms with E-state index in [-0.39, 0.29) is 0 Å². The van der Waals surface area contributed by atoms with E-state index >= 15 is 0 Å². The zero-order valence-corrected chi connectivity index (χ0v) is 12.9. The first-order valence-electron chi connectivity index (χ1n) is 6.70. The molecule has 0 atom stereocenters. The van der Waals surface area contributed by atoms with E-state index in [9.17, 15) is 0 Å². The first kappa shape index (κ1) is 13.6. The number of anilines is 2. The molecular formula is C13H16ClN5S. The summed E-state index contributed by atoms with van der Waals surface area (Å²) in [6.07, 6.45) is 2.64. The SMILES string of the molecule is CCc1nsc(N2CCN(c3cc(Cl)ccn3)CC2)n1. The van der Waals surface area contributed by atoms with E-state index in [1.807, 2.05) is 6.07 Å². The van der Waals surface area contributed by atoms with Gasteiger partial charge in [0.1, 0.15) is 11.6 Å². The van der Waals surface area contributed by atoms with Gasteiger partial charge in [0.25, 0.3) is 0 Å². The molecule has 2 aromatic rings. The number of pyridine rings is 1. The molecule has 0 bridgehead atoms. The van der Waals surface area contributed by atoms with Crippen LogP contribution in [0.25, 0.3) is 0 Å². The molecule has 0 spiro atoms. The van der Waals surface area contributed by atoms with Crippen LogP contribution in [0.15, 0.2) is 18.3 Å². The Balaban J connectivity index is 1.64. The van der Waals surface area contributed by atoms with Crippen LogP contribution >= 0.6 is 23.1 Å². The standard InChI is InChI=1S/C13H16ClN5S/c1-2-11-16-13(20-17-11)19-7-5-18(6-8-19)12-9-10(14)3-4-15-12/h3-4,9H,2,5-8H2,1H3. The summed E-state index contributed by atoms with van der Waals surface area (Å²) in [6, 6.07) is 3.71. The summed E-state index contributed by atoms with van der Waals surface area (Å²) in [7, 11) is 0. The number of nitrogens with zero attached hydrogens (tertiary/aromatic N) is 5. The molecule has 1 fully saturated rings. The number of aromatic nitrogens is 3. The molecule has 106 valence electrons. The van der Waals surface area contributed by atoms with Crippen LogP contribution in [0.1, 0.15) is 12.7 Å². The number of hydrogen-bond donors (Lipinski definition) is 0. The smallest absolute Gasteiger partial charge is 0.205 e. The third-order valence-corrected chi connectivity index (χ3v) is 4.41. The maximum Gasteiger partial charge on any atom is 0.205 e. The largest absolute Gasteiger partial charge is 0.353 e. The highest BCUT2D eigenvalue weighted by Gasteiger charge is 2.20. The van der Waals surface area contributed by atoms with Crippen molar-refractivity contribution in [2.24, 2.45) is 0 Å². The molecule has 0 aromatic carbocycles. The van der Waals surface area contributed by atoms with E-state index in [1.165, 1.54) is 11.5 Å². The lowest BCUT2D eigenvalue weighted by molar-refractivity contribution is 0.645. The number of hydrogen-bond acceptors (Lipinski definition) is 6. The minimum absolute atomic E-state index is 0.731. The number of aryl methyl sites for hydroxylation is 1. The molecule has 1 aliphatic heterocycles. The monoisotopic (exact) mass is 309 g/mol. The van der Waals surface area contributed by atoms with Crippen LogP contribution in [-0.4, -0.2) is 40.5 Å². The van der Waals surface area contributed by atoms with Crippen LogP contribution < -0.4 is 9.80 Å². The normalized spacial score (nSPS) is 15.7. The maximum absolute atomic E-state index is 6.01. The minimum atomic E-state index is 0.731. The van der Waals surface area contributed by atoms with Gasteiger partial charge in [-0.2, -0.15) is 4.37 Å². The van der Waals surface area contributed by atoms with Crippen LogP contribution in [0.4, 0.5) is 10.9 Å². The Kier molecular flexibility index (Phi) is 4.03. The van der Waals surface area contributed by atoms with Crippen LogP contribution in [0.3, 0.4) is 0 Å². The summed E-state index contributed by atoms with van der Waals surface area (Å²) in [5, 5.41) is 1.76. The van der Waals surface area contributed by atoms with Gasteiger partial charge in [0.15, 0.2) is 0 Å². The van der Waals surface area contributed by atoms with Crippen molar-refractivity contribution in [1.82, 2.24) is 14.3 Å². The second-order valence-electron chi connectivity index (χ2n) is 4.65. The summed E-state index contributed by atoms with van der Waals surface area (Å²) >= 11 is 7.50. The summed E-state index contributed by atoms with van der Waals surface area (Å²) in [5.41, 5.74) is 0. The van der Waals surface area contributed by atoms with Crippen molar-refractivity contribution in [3.8, 4) is 0 Å². The van der Waals surface area contributed by atoms with Crippen LogP contribution in [0, 0.1) is 0 Å². The fourth-order valence-electron chi connectivity index (χ4n) is 2.21. The molecule has 0 aliphatic carbocycles. The molecule has 0 unspecified atom stereocenters. The lowest BCUT2D eigenvalue weighted by Gasteiger charge is -2.35. The van der Waals surface area contributed by atoms with Crippen molar-refractivity contribution in [2.75, 3.05) is 36.0 Å². The van der Waals surface area contributed by atoms with E-state index in [2.05, 4.69) is 31.1 Å². The highest BCUT2D eigenvalue weighted by atomic mass is 35.5. The van der Waals surface area contributed by atoms with E-state index < -0.39 is 0 Å². The predicted octanol–water partition coefficient (Wildman–Crippen LogP) is 2.48. The lowest BCUT2D eigenvalue weighted by Crippen LogP contribution is -2.46. The fourth-order valence-corrected chi connectivity index (χ4v) is 3.17. The fraction of sp³-hybridized carbons (Fsp3) is 0.462. The third-order valence-electron chi connectivity index (χ3n) is 3.36. The number of rotatable bonds is 3. The van der Waals surface area contributed by atoms with Crippen molar-refractivity contribution < 1.29 is 0 Å². The maximum atomic E-state index is 6.01. The zero-order valence-electron chi connectivity index (χ0n) is 11.3. The summed E-state index contributed by atoms with van der Waals surface area (Å²) in [5.74, 6) is 1.88. The van der Waals surface area contributed by atoms with Crippen molar-refractivity contribution in [2.45, 2.75) is 13.3 Å².